The molecule has 0 fully saturated rings. The van der Waals surface area contributed by atoms with E-state index in [0.29, 0.717) is 6.20 Å². The Hall–Kier alpha value is -1.30. The average Bonchev–Trinajstić information content (AvgIpc) is 2.06. The number of halogens is 3. The highest BCUT2D eigenvalue weighted by molar-refractivity contribution is 5.13. The lowest BCUT2D eigenvalue weighted by molar-refractivity contribution is -0.138. The van der Waals surface area contributed by atoms with E-state index < -0.39 is 23.4 Å². The molecule has 0 spiro atoms. The predicted octanol–water partition coefficient (Wildman–Crippen LogP) is 1.25. The first-order valence-electron chi connectivity index (χ1n) is 4.26. The van der Waals surface area contributed by atoms with Gasteiger partial charge in [-0.15, -0.1) is 0 Å². The molecule has 0 amide bonds. The number of nitrogens with zero attached hydrogens (tertiary/aromatic N) is 1. The number of hydrogen-bond acceptors (Lipinski definition) is 2. The molecule has 0 saturated carbocycles. The van der Waals surface area contributed by atoms with Crippen molar-refractivity contribution in [3.63, 3.8) is 0 Å². The van der Waals surface area contributed by atoms with Crippen molar-refractivity contribution < 1.29 is 18.3 Å². The van der Waals surface area contributed by atoms with Gasteiger partial charge in [-0.05, 0) is 13.0 Å². The van der Waals surface area contributed by atoms with Crippen LogP contribution in [0.5, 0.6) is 0 Å². The Morgan fingerprint density at radius 3 is 2.53 bits per heavy atom. The van der Waals surface area contributed by atoms with E-state index in [1.807, 2.05) is 0 Å². The highest BCUT2D eigenvalue weighted by Gasteiger charge is 2.31. The minimum absolute atomic E-state index is 0.150. The van der Waals surface area contributed by atoms with E-state index in [1.165, 1.54) is 6.92 Å². The van der Waals surface area contributed by atoms with Gasteiger partial charge < -0.3 is 9.67 Å². The van der Waals surface area contributed by atoms with E-state index in [9.17, 15) is 18.0 Å². The molecule has 0 unspecified atom stereocenters. The van der Waals surface area contributed by atoms with Gasteiger partial charge in [0.15, 0.2) is 0 Å². The first-order valence-corrected chi connectivity index (χ1v) is 4.26. The van der Waals surface area contributed by atoms with Crippen LogP contribution in [0.2, 0.25) is 0 Å². The molecule has 0 aliphatic rings. The minimum Gasteiger partial charge on any atom is -0.392 e. The summed E-state index contributed by atoms with van der Waals surface area (Å²) in [5, 5.41) is 8.98. The second kappa shape index (κ2) is 4.06. The second-order valence-corrected chi connectivity index (χ2v) is 3.26. The summed E-state index contributed by atoms with van der Waals surface area (Å²) >= 11 is 0. The normalized spacial score (nSPS) is 13.9. The number of hydrogen-bond donors (Lipinski definition) is 1. The predicted molar refractivity (Wildman–Crippen MR) is 47.4 cm³/mol. The largest absolute Gasteiger partial charge is 0.417 e. The van der Waals surface area contributed by atoms with Crippen molar-refractivity contribution in [1.29, 1.82) is 0 Å². The summed E-state index contributed by atoms with van der Waals surface area (Å²) in [6.45, 7) is 1.25. The van der Waals surface area contributed by atoms with Crippen LogP contribution in [-0.4, -0.2) is 15.8 Å². The molecule has 1 rings (SSSR count). The summed E-state index contributed by atoms with van der Waals surface area (Å²) in [5.41, 5.74) is -1.47. The van der Waals surface area contributed by atoms with Gasteiger partial charge in [-0.1, -0.05) is 0 Å². The standard InChI is InChI=1S/C9H10F3NO2/c1-6(14)4-13-5-7(9(10,11)12)2-3-8(13)15/h2-3,5-6,14H,4H2,1H3/t6-/m1/s1. The molecule has 6 heteroatoms. The maximum atomic E-state index is 12.3. The Morgan fingerprint density at radius 2 is 2.07 bits per heavy atom. The lowest BCUT2D eigenvalue weighted by atomic mass is 10.2. The lowest BCUT2D eigenvalue weighted by Gasteiger charge is -2.11. The Labute approximate surface area is 83.8 Å². The zero-order valence-electron chi connectivity index (χ0n) is 7.95. The summed E-state index contributed by atoms with van der Waals surface area (Å²) in [6, 6.07) is 1.56. The molecule has 1 aromatic rings. The Morgan fingerprint density at radius 1 is 1.47 bits per heavy atom. The maximum absolute atomic E-state index is 12.3. The molecule has 1 N–H and O–H groups in total. The zero-order chi connectivity index (χ0) is 11.6. The topological polar surface area (TPSA) is 42.2 Å². The van der Waals surface area contributed by atoms with Gasteiger partial charge in [-0.3, -0.25) is 4.79 Å². The van der Waals surface area contributed by atoms with Gasteiger partial charge in [0.25, 0.3) is 5.56 Å². The van der Waals surface area contributed by atoms with Crippen LogP contribution in [0.25, 0.3) is 0 Å². The summed E-state index contributed by atoms with van der Waals surface area (Å²) in [7, 11) is 0. The van der Waals surface area contributed by atoms with E-state index in [0.717, 1.165) is 16.7 Å². The van der Waals surface area contributed by atoms with E-state index in [2.05, 4.69) is 0 Å². The molecule has 84 valence electrons. The Bertz CT molecular complexity index is 395. The van der Waals surface area contributed by atoms with Crippen molar-refractivity contribution in [3.8, 4) is 0 Å². The number of aromatic nitrogens is 1. The fourth-order valence-electron chi connectivity index (χ4n) is 1.13. The van der Waals surface area contributed by atoms with Crippen LogP contribution in [0.1, 0.15) is 12.5 Å². The summed E-state index contributed by atoms with van der Waals surface area (Å²) < 4.78 is 37.6. The fourth-order valence-corrected chi connectivity index (χ4v) is 1.13. The first kappa shape index (κ1) is 11.8. The highest BCUT2D eigenvalue weighted by Crippen LogP contribution is 2.27. The molecule has 15 heavy (non-hydrogen) atoms. The molecular weight excluding hydrogens is 211 g/mol. The number of pyridine rings is 1. The summed E-state index contributed by atoms with van der Waals surface area (Å²) in [6.07, 6.45) is -4.64. The number of aliphatic hydroxyl groups is 1. The van der Waals surface area contributed by atoms with Crippen molar-refractivity contribution in [2.24, 2.45) is 0 Å². The molecule has 0 aliphatic heterocycles. The first-order chi connectivity index (χ1) is 6.80. The monoisotopic (exact) mass is 221 g/mol. The molecule has 1 atom stereocenters. The zero-order valence-corrected chi connectivity index (χ0v) is 7.95. The van der Waals surface area contributed by atoms with Gasteiger partial charge in [0.2, 0.25) is 0 Å². The highest BCUT2D eigenvalue weighted by atomic mass is 19.4. The van der Waals surface area contributed by atoms with Crippen molar-refractivity contribution in [3.05, 3.63) is 34.2 Å². The fraction of sp³-hybridized carbons (Fsp3) is 0.444. The van der Waals surface area contributed by atoms with Crippen LogP contribution >= 0.6 is 0 Å². The molecule has 1 heterocycles. The van der Waals surface area contributed by atoms with Crippen molar-refractivity contribution in [2.75, 3.05) is 0 Å². The van der Waals surface area contributed by atoms with Crippen molar-refractivity contribution in [2.45, 2.75) is 25.7 Å². The van der Waals surface area contributed by atoms with Gasteiger partial charge in [-0.25, -0.2) is 0 Å². The van der Waals surface area contributed by atoms with Gasteiger partial charge in [-0.2, -0.15) is 13.2 Å². The summed E-state index contributed by atoms with van der Waals surface area (Å²) in [4.78, 5) is 11.1. The van der Waals surface area contributed by atoms with Crippen molar-refractivity contribution >= 4 is 0 Å². The average molecular weight is 221 g/mol. The number of aliphatic hydroxyl groups excluding tert-OH is 1. The van der Waals surface area contributed by atoms with Crippen LogP contribution in [0, 0.1) is 0 Å². The molecule has 3 nitrogen and oxygen atoms in total. The van der Waals surface area contributed by atoms with Crippen molar-refractivity contribution in [1.82, 2.24) is 4.57 Å². The van der Waals surface area contributed by atoms with Crippen LogP contribution in [0.4, 0.5) is 13.2 Å². The third-order valence-electron chi connectivity index (χ3n) is 1.77. The van der Waals surface area contributed by atoms with Gasteiger partial charge in [0.05, 0.1) is 18.2 Å². The van der Waals surface area contributed by atoms with Gasteiger partial charge >= 0.3 is 6.18 Å². The molecule has 0 bridgehead atoms. The van der Waals surface area contributed by atoms with E-state index in [1.54, 1.807) is 0 Å². The molecule has 0 saturated heterocycles. The van der Waals surface area contributed by atoms with Gasteiger partial charge in [0, 0.05) is 12.3 Å². The third kappa shape index (κ3) is 3.09. The molecule has 1 aromatic heterocycles. The number of alkyl halides is 3. The minimum atomic E-state index is -4.48. The maximum Gasteiger partial charge on any atom is 0.417 e. The van der Waals surface area contributed by atoms with Crippen LogP contribution in [0.15, 0.2) is 23.1 Å². The molecule has 0 radical (unpaired) electrons. The summed E-state index contributed by atoms with van der Waals surface area (Å²) in [5.74, 6) is 0. The number of rotatable bonds is 2. The SMILES string of the molecule is C[C@@H](O)Cn1cc(C(F)(F)F)ccc1=O. The van der Waals surface area contributed by atoms with E-state index in [-0.39, 0.29) is 6.54 Å². The Kier molecular flexibility index (Phi) is 3.18. The second-order valence-electron chi connectivity index (χ2n) is 3.26. The quantitative estimate of drug-likeness (QED) is 0.816. The lowest BCUT2D eigenvalue weighted by Crippen LogP contribution is -2.25. The molecule has 0 aliphatic carbocycles. The molecular formula is C9H10F3NO2. The van der Waals surface area contributed by atoms with E-state index >= 15 is 0 Å². The van der Waals surface area contributed by atoms with Crippen LogP contribution in [-0.2, 0) is 12.7 Å². The molecule has 0 aromatic carbocycles. The van der Waals surface area contributed by atoms with Crippen LogP contribution < -0.4 is 5.56 Å². The van der Waals surface area contributed by atoms with Crippen LogP contribution in [0.3, 0.4) is 0 Å². The van der Waals surface area contributed by atoms with Gasteiger partial charge in [0.1, 0.15) is 0 Å². The van der Waals surface area contributed by atoms with E-state index in [4.69, 9.17) is 5.11 Å². The Balaban J connectivity index is 3.11. The third-order valence-corrected chi connectivity index (χ3v) is 1.77. The smallest absolute Gasteiger partial charge is 0.392 e.